The Kier molecular flexibility index (Phi) is 6.42. The zero-order valence-electron chi connectivity index (χ0n) is 13.1. The van der Waals surface area contributed by atoms with Crippen molar-refractivity contribution in [3.8, 4) is 0 Å². The summed E-state index contributed by atoms with van der Waals surface area (Å²) >= 11 is 0. The first kappa shape index (κ1) is 16.9. The first-order valence-corrected chi connectivity index (χ1v) is 7.29. The smallest absolute Gasteiger partial charge is 0.239 e. The minimum atomic E-state index is -0.426. The normalized spacial score (nSPS) is 18.8. The van der Waals surface area contributed by atoms with E-state index in [2.05, 4.69) is 4.90 Å². The lowest BCUT2D eigenvalue weighted by Crippen LogP contribution is -2.48. The fraction of sp³-hybridized carbons (Fsp3) is 0.857. The number of rotatable bonds is 4. The largest absolute Gasteiger partial charge is 0.348 e. The van der Waals surface area contributed by atoms with Crippen LogP contribution < -0.4 is 5.73 Å². The highest BCUT2D eigenvalue weighted by molar-refractivity contribution is 5.82. The molecule has 0 aromatic rings. The molecule has 116 valence electrons. The van der Waals surface area contributed by atoms with E-state index >= 15 is 0 Å². The molecular formula is C14H28N4O2. The first-order valence-electron chi connectivity index (χ1n) is 7.29. The predicted molar refractivity (Wildman–Crippen MR) is 79.1 cm³/mol. The number of nitrogens with zero attached hydrogens (tertiary/aromatic N) is 3. The molecular weight excluding hydrogens is 256 g/mol. The molecule has 1 atom stereocenters. The molecule has 2 N–H and O–H groups in total. The maximum Gasteiger partial charge on any atom is 0.239 e. The van der Waals surface area contributed by atoms with Crippen molar-refractivity contribution >= 4 is 11.8 Å². The van der Waals surface area contributed by atoms with Gasteiger partial charge in [0.15, 0.2) is 0 Å². The van der Waals surface area contributed by atoms with E-state index in [1.54, 1.807) is 19.0 Å². The Morgan fingerprint density at radius 1 is 1.15 bits per heavy atom. The van der Waals surface area contributed by atoms with Crippen molar-refractivity contribution in [2.24, 2.45) is 11.7 Å². The van der Waals surface area contributed by atoms with Crippen molar-refractivity contribution in [3.05, 3.63) is 0 Å². The fourth-order valence-electron chi connectivity index (χ4n) is 2.18. The molecule has 1 heterocycles. The Balaban J connectivity index is 2.51. The molecule has 1 aliphatic heterocycles. The van der Waals surface area contributed by atoms with Gasteiger partial charge in [0, 0.05) is 40.3 Å². The van der Waals surface area contributed by atoms with Crippen LogP contribution in [0, 0.1) is 5.92 Å². The van der Waals surface area contributed by atoms with Crippen LogP contribution >= 0.6 is 0 Å². The van der Waals surface area contributed by atoms with E-state index in [1.807, 2.05) is 18.7 Å². The molecule has 1 aliphatic rings. The van der Waals surface area contributed by atoms with Gasteiger partial charge < -0.3 is 15.5 Å². The molecule has 0 aliphatic carbocycles. The molecule has 0 radical (unpaired) electrons. The van der Waals surface area contributed by atoms with Gasteiger partial charge in [0.1, 0.15) is 0 Å². The van der Waals surface area contributed by atoms with Crippen molar-refractivity contribution in [2.75, 3.05) is 46.8 Å². The van der Waals surface area contributed by atoms with Crippen LogP contribution in [0.25, 0.3) is 0 Å². The molecule has 6 heteroatoms. The van der Waals surface area contributed by atoms with Gasteiger partial charge in [-0.2, -0.15) is 0 Å². The van der Waals surface area contributed by atoms with E-state index in [0.29, 0.717) is 13.1 Å². The summed E-state index contributed by atoms with van der Waals surface area (Å²) in [6.07, 6.45) is 0.886. The van der Waals surface area contributed by atoms with Gasteiger partial charge in [0.2, 0.25) is 11.8 Å². The van der Waals surface area contributed by atoms with Crippen LogP contribution in [0.2, 0.25) is 0 Å². The third kappa shape index (κ3) is 4.76. The Morgan fingerprint density at radius 2 is 1.80 bits per heavy atom. The van der Waals surface area contributed by atoms with Gasteiger partial charge in [-0.05, 0) is 12.3 Å². The molecule has 20 heavy (non-hydrogen) atoms. The Hall–Kier alpha value is -1.14. The number of likely N-dealkylation sites (N-methyl/N-ethyl adjacent to an activating group) is 1. The van der Waals surface area contributed by atoms with Crippen LogP contribution in [-0.4, -0.2) is 79.4 Å². The van der Waals surface area contributed by atoms with E-state index in [-0.39, 0.29) is 17.7 Å². The standard InChI is InChI=1S/C14H28N4O2/c1-11(2)13(15)14(20)18-7-5-6-17(8-9-18)10-12(19)16(3)4/h11,13H,5-10,15H2,1-4H3. The van der Waals surface area contributed by atoms with Crippen molar-refractivity contribution < 1.29 is 9.59 Å². The average Bonchev–Trinajstić information content (AvgIpc) is 2.62. The highest BCUT2D eigenvalue weighted by Gasteiger charge is 2.26. The van der Waals surface area contributed by atoms with Gasteiger partial charge in [-0.3, -0.25) is 14.5 Å². The third-order valence-electron chi connectivity index (χ3n) is 3.76. The number of carbonyl (C=O) groups is 2. The molecule has 1 fully saturated rings. The van der Waals surface area contributed by atoms with E-state index in [0.717, 1.165) is 26.1 Å². The van der Waals surface area contributed by atoms with Crippen molar-refractivity contribution in [3.63, 3.8) is 0 Å². The molecule has 6 nitrogen and oxygen atoms in total. The number of hydrogen-bond donors (Lipinski definition) is 1. The summed E-state index contributed by atoms with van der Waals surface area (Å²) in [5.74, 6) is 0.279. The summed E-state index contributed by atoms with van der Waals surface area (Å²) in [4.78, 5) is 29.5. The second-order valence-electron chi connectivity index (χ2n) is 6.01. The van der Waals surface area contributed by atoms with Crippen LogP contribution in [-0.2, 0) is 9.59 Å². The molecule has 0 spiro atoms. The highest BCUT2D eigenvalue weighted by atomic mass is 16.2. The molecule has 1 saturated heterocycles. The summed E-state index contributed by atoms with van der Waals surface area (Å²) in [6, 6.07) is -0.426. The summed E-state index contributed by atoms with van der Waals surface area (Å²) in [5, 5.41) is 0. The Morgan fingerprint density at radius 3 is 2.35 bits per heavy atom. The second kappa shape index (κ2) is 7.59. The van der Waals surface area contributed by atoms with E-state index in [4.69, 9.17) is 5.73 Å². The van der Waals surface area contributed by atoms with Gasteiger partial charge >= 0.3 is 0 Å². The summed E-state index contributed by atoms with van der Waals surface area (Å²) in [5.41, 5.74) is 5.93. The maximum atomic E-state index is 12.2. The average molecular weight is 284 g/mol. The molecule has 1 unspecified atom stereocenters. The lowest BCUT2D eigenvalue weighted by molar-refractivity contribution is -0.133. The second-order valence-corrected chi connectivity index (χ2v) is 6.01. The molecule has 1 rings (SSSR count). The lowest BCUT2D eigenvalue weighted by atomic mass is 10.0. The van der Waals surface area contributed by atoms with Crippen LogP contribution in [0.4, 0.5) is 0 Å². The zero-order chi connectivity index (χ0) is 15.3. The van der Waals surface area contributed by atoms with Crippen LogP contribution in [0.1, 0.15) is 20.3 Å². The summed E-state index contributed by atoms with van der Waals surface area (Å²) in [7, 11) is 3.52. The summed E-state index contributed by atoms with van der Waals surface area (Å²) < 4.78 is 0. The minimum Gasteiger partial charge on any atom is -0.348 e. The molecule has 2 amide bonds. The van der Waals surface area contributed by atoms with Crippen molar-refractivity contribution in [1.29, 1.82) is 0 Å². The van der Waals surface area contributed by atoms with E-state index in [1.165, 1.54) is 0 Å². The minimum absolute atomic E-state index is 0.0285. The lowest BCUT2D eigenvalue weighted by Gasteiger charge is -2.26. The first-order chi connectivity index (χ1) is 9.32. The Labute approximate surface area is 121 Å². The highest BCUT2D eigenvalue weighted by Crippen LogP contribution is 2.08. The van der Waals surface area contributed by atoms with Gasteiger partial charge in [0.25, 0.3) is 0 Å². The number of amides is 2. The van der Waals surface area contributed by atoms with Gasteiger partial charge in [-0.15, -0.1) is 0 Å². The molecule has 0 saturated carbocycles. The van der Waals surface area contributed by atoms with Gasteiger partial charge in [-0.25, -0.2) is 0 Å². The number of carbonyl (C=O) groups excluding carboxylic acids is 2. The van der Waals surface area contributed by atoms with Crippen molar-refractivity contribution in [1.82, 2.24) is 14.7 Å². The van der Waals surface area contributed by atoms with Crippen molar-refractivity contribution in [2.45, 2.75) is 26.3 Å². The fourth-order valence-corrected chi connectivity index (χ4v) is 2.18. The SMILES string of the molecule is CC(C)C(N)C(=O)N1CCCN(CC(=O)N(C)C)CC1. The molecule has 0 aromatic carbocycles. The quantitative estimate of drug-likeness (QED) is 0.762. The third-order valence-corrected chi connectivity index (χ3v) is 3.76. The van der Waals surface area contributed by atoms with E-state index in [9.17, 15) is 9.59 Å². The predicted octanol–water partition coefficient (Wildman–Crippen LogP) is -0.408. The Bertz CT molecular complexity index is 344. The van der Waals surface area contributed by atoms with E-state index < -0.39 is 6.04 Å². The van der Waals surface area contributed by atoms with Crippen LogP contribution in [0.3, 0.4) is 0 Å². The van der Waals surface area contributed by atoms with Crippen LogP contribution in [0.5, 0.6) is 0 Å². The maximum absolute atomic E-state index is 12.2. The number of nitrogens with two attached hydrogens (primary N) is 1. The molecule has 0 bridgehead atoms. The van der Waals surface area contributed by atoms with Gasteiger partial charge in [-0.1, -0.05) is 13.8 Å². The monoisotopic (exact) mass is 284 g/mol. The van der Waals surface area contributed by atoms with Crippen LogP contribution in [0.15, 0.2) is 0 Å². The topological polar surface area (TPSA) is 69.9 Å². The van der Waals surface area contributed by atoms with Gasteiger partial charge in [0.05, 0.1) is 12.6 Å². The summed E-state index contributed by atoms with van der Waals surface area (Å²) in [6.45, 7) is 7.30. The molecule has 0 aromatic heterocycles. The number of hydrogen-bond acceptors (Lipinski definition) is 4. The zero-order valence-corrected chi connectivity index (χ0v) is 13.1.